The summed E-state index contributed by atoms with van der Waals surface area (Å²) in [6, 6.07) is 2.95. The van der Waals surface area contributed by atoms with Gasteiger partial charge in [0.25, 0.3) is 0 Å². The lowest BCUT2D eigenvalue weighted by Gasteiger charge is -2.25. The Balaban J connectivity index is 2.01. The summed E-state index contributed by atoms with van der Waals surface area (Å²) in [5.74, 6) is -1.70. The number of carbonyl (C=O) groups excluding carboxylic acids is 1. The maximum absolute atomic E-state index is 14.1. The highest BCUT2D eigenvalue weighted by atomic mass is 19.1. The summed E-state index contributed by atoms with van der Waals surface area (Å²) < 4.78 is 29.5. The number of nitrogens with one attached hydrogen (secondary N) is 1. The van der Waals surface area contributed by atoms with Gasteiger partial charge >= 0.3 is 5.69 Å². The molecule has 1 unspecified atom stereocenters. The molecule has 0 saturated heterocycles. The van der Waals surface area contributed by atoms with Gasteiger partial charge in [0, 0.05) is 18.5 Å². The fraction of sp³-hybridized carbons (Fsp3) is 0.444. The first-order chi connectivity index (χ1) is 13.1. The second-order valence-corrected chi connectivity index (χ2v) is 6.67. The van der Waals surface area contributed by atoms with Gasteiger partial charge in [0.15, 0.2) is 0 Å². The van der Waals surface area contributed by atoms with Gasteiger partial charge in [0.05, 0.1) is 17.5 Å². The predicted molar refractivity (Wildman–Crippen MR) is 98.8 cm³/mol. The summed E-state index contributed by atoms with van der Waals surface area (Å²) >= 11 is 0. The quantitative estimate of drug-likeness (QED) is 0.548. The molecule has 2 rings (SSSR count). The van der Waals surface area contributed by atoms with Crippen molar-refractivity contribution in [2.24, 2.45) is 0 Å². The van der Waals surface area contributed by atoms with Gasteiger partial charge in [-0.05, 0) is 40.1 Å². The van der Waals surface area contributed by atoms with Crippen molar-refractivity contribution in [3.05, 3.63) is 56.9 Å². The summed E-state index contributed by atoms with van der Waals surface area (Å²) in [5.41, 5.74) is 0.477. The Kier molecular flexibility index (Phi) is 6.79. The molecular formula is C18H23F2N5O3. The Labute approximate surface area is 161 Å². The van der Waals surface area contributed by atoms with Crippen molar-refractivity contribution >= 4 is 11.6 Å². The van der Waals surface area contributed by atoms with Gasteiger partial charge in [-0.3, -0.25) is 19.6 Å². The Bertz CT molecular complexity index is 862. The highest BCUT2D eigenvalue weighted by Crippen LogP contribution is 2.24. The van der Waals surface area contributed by atoms with Crippen molar-refractivity contribution in [2.75, 3.05) is 20.6 Å². The number of hydrogen-bond donors (Lipinski definition) is 1. The molecule has 1 N–H and O–H groups in total. The van der Waals surface area contributed by atoms with Crippen LogP contribution in [-0.4, -0.2) is 46.2 Å². The topological polar surface area (TPSA) is 93.3 Å². The van der Waals surface area contributed by atoms with Crippen LogP contribution in [0.2, 0.25) is 0 Å². The van der Waals surface area contributed by atoms with Crippen LogP contribution in [0.4, 0.5) is 14.5 Å². The number of carbonyl (C=O) groups is 1. The molecule has 1 aromatic heterocycles. The van der Waals surface area contributed by atoms with Crippen LogP contribution in [0.1, 0.15) is 29.4 Å². The van der Waals surface area contributed by atoms with E-state index in [1.807, 2.05) is 0 Å². The Morgan fingerprint density at radius 3 is 2.43 bits per heavy atom. The third-order valence-electron chi connectivity index (χ3n) is 4.53. The highest BCUT2D eigenvalue weighted by Gasteiger charge is 2.24. The van der Waals surface area contributed by atoms with E-state index in [0.29, 0.717) is 5.69 Å². The molecule has 10 heteroatoms. The lowest BCUT2D eigenvalue weighted by Crippen LogP contribution is -2.35. The van der Waals surface area contributed by atoms with E-state index in [4.69, 9.17) is 0 Å². The number of amides is 1. The first kappa shape index (κ1) is 21.4. The molecule has 1 atom stereocenters. The molecule has 0 aliphatic rings. The minimum atomic E-state index is -0.681. The van der Waals surface area contributed by atoms with Crippen LogP contribution < -0.4 is 5.32 Å². The van der Waals surface area contributed by atoms with E-state index in [1.165, 1.54) is 29.8 Å². The molecule has 8 nitrogen and oxygen atoms in total. The van der Waals surface area contributed by atoms with Gasteiger partial charge < -0.3 is 10.2 Å². The van der Waals surface area contributed by atoms with Crippen LogP contribution in [0.25, 0.3) is 0 Å². The molecular weight excluding hydrogens is 372 g/mol. The summed E-state index contributed by atoms with van der Waals surface area (Å²) in [5, 5.41) is 17.8. The molecule has 1 heterocycles. The third kappa shape index (κ3) is 4.69. The summed E-state index contributed by atoms with van der Waals surface area (Å²) in [6.07, 6.45) is 0.0268. The zero-order valence-electron chi connectivity index (χ0n) is 16.2. The van der Waals surface area contributed by atoms with Crippen molar-refractivity contribution < 1.29 is 18.5 Å². The Morgan fingerprint density at radius 2 is 1.93 bits per heavy atom. The van der Waals surface area contributed by atoms with E-state index >= 15 is 0 Å². The number of nitrogens with zero attached hydrogens (tertiary/aromatic N) is 4. The number of likely N-dealkylation sites (N-methyl/N-ethyl adjacent to an activating group) is 1. The summed E-state index contributed by atoms with van der Waals surface area (Å²) in [6.45, 7) is 3.28. The Morgan fingerprint density at radius 1 is 1.32 bits per heavy atom. The van der Waals surface area contributed by atoms with Crippen LogP contribution in [-0.2, 0) is 11.3 Å². The maximum Gasteiger partial charge on any atom is 0.312 e. The van der Waals surface area contributed by atoms with Crippen molar-refractivity contribution in [1.29, 1.82) is 0 Å². The van der Waals surface area contributed by atoms with Gasteiger partial charge in [0.2, 0.25) is 5.91 Å². The molecule has 0 bridgehead atoms. The fourth-order valence-electron chi connectivity index (χ4n) is 3.05. The van der Waals surface area contributed by atoms with Crippen LogP contribution in [0.15, 0.2) is 18.2 Å². The van der Waals surface area contributed by atoms with E-state index in [1.54, 1.807) is 25.9 Å². The predicted octanol–water partition coefficient (Wildman–Crippen LogP) is 2.50. The largest absolute Gasteiger partial charge is 0.354 e. The average Bonchev–Trinajstić information content (AvgIpc) is 2.88. The second-order valence-electron chi connectivity index (χ2n) is 6.67. The lowest BCUT2D eigenvalue weighted by atomic mass is 10.0. The van der Waals surface area contributed by atoms with Crippen LogP contribution in [0, 0.1) is 35.6 Å². The summed E-state index contributed by atoms with van der Waals surface area (Å²) in [7, 11) is 3.33. The summed E-state index contributed by atoms with van der Waals surface area (Å²) in [4.78, 5) is 24.3. The molecule has 0 radical (unpaired) electrons. The minimum Gasteiger partial charge on any atom is -0.354 e. The van der Waals surface area contributed by atoms with Gasteiger partial charge in [-0.15, -0.1) is 0 Å². The maximum atomic E-state index is 14.1. The SMILES string of the molecule is Cc1nn(CCC(=O)NCC(c2c(F)cccc2F)N(C)C)c(C)c1[N+](=O)[O-]. The second kappa shape index (κ2) is 8.87. The Hall–Kier alpha value is -2.88. The number of nitro groups is 1. The van der Waals surface area contributed by atoms with Crippen LogP contribution in [0.3, 0.4) is 0 Å². The highest BCUT2D eigenvalue weighted by molar-refractivity contribution is 5.75. The number of hydrogen-bond acceptors (Lipinski definition) is 5. The van der Waals surface area contributed by atoms with E-state index in [9.17, 15) is 23.7 Å². The first-order valence-electron chi connectivity index (χ1n) is 8.68. The van der Waals surface area contributed by atoms with Crippen molar-refractivity contribution in [3.63, 3.8) is 0 Å². The lowest BCUT2D eigenvalue weighted by molar-refractivity contribution is -0.386. The number of halogens is 2. The van der Waals surface area contributed by atoms with Crippen LogP contribution in [0.5, 0.6) is 0 Å². The molecule has 28 heavy (non-hydrogen) atoms. The van der Waals surface area contributed by atoms with E-state index in [-0.39, 0.29) is 42.4 Å². The fourth-order valence-corrected chi connectivity index (χ4v) is 3.05. The number of benzene rings is 1. The molecule has 2 aromatic rings. The zero-order valence-corrected chi connectivity index (χ0v) is 16.2. The monoisotopic (exact) mass is 395 g/mol. The molecule has 152 valence electrons. The third-order valence-corrected chi connectivity index (χ3v) is 4.53. The van der Waals surface area contributed by atoms with Crippen LogP contribution >= 0.6 is 0 Å². The van der Waals surface area contributed by atoms with E-state index in [0.717, 1.165) is 0 Å². The van der Waals surface area contributed by atoms with Gasteiger partial charge in [0.1, 0.15) is 23.0 Å². The molecule has 0 aliphatic heterocycles. The molecule has 1 amide bonds. The molecule has 1 aromatic carbocycles. The van der Waals surface area contributed by atoms with Crippen molar-refractivity contribution in [2.45, 2.75) is 32.9 Å². The molecule has 0 saturated carbocycles. The first-order valence-corrected chi connectivity index (χ1v) is 8.68. The molecule has 0 fully saturated rings. The van der Waals surface area contributed by atoms with Gasteiger partial charge in [-0.2, -0.15) is 5.10 Å². The smallest absolute Gasteiger partial charge is 0.312 e. The van der Waals surface area contributed by atoms with Crippen molar-refractivity contribution in [1.82, 2.24) is 20.0 Å². The minimum absolute atomic E-state index is 0.0148. The molecule has 0 aliphatic carbocycles. The molecule has 0 spiro atoms. The van der Waals surface area contributed by atoms with Gasteiger partial charge in [-0.1, -0.05) is 6.07 Å². The normalized spacial score (nSPS) is 12.2. The van der Waals surface area contributed by atoms with E-state index in [2.05, 4.69) is 10.4 Å². The standard InChI is InChI=1S/C18H23F2N5O3/c1-11-18(25(27)28)12(2)24(22-11)9-8-16(26)21-10-15(23(3)4)17-13(19)6-5-7-14(17)20/h5-7,15H,8-10H2,1-4H3,(H,21,26). The number of aryl methyl sites for hydroxylation is 2. The van der Waals surface area contributed by atoms with E-state index < -0.39 is 22.6 Å². The van der Waals surface area contributed by atoms with Gasteiger partial charge in [-0.25, -0.2) is 8.78 Å². The zero-order chi connectivity index (χ0) is 21.0. The van der Waals surface area contributed by atoms with Crippen molar-refractivity contribution in [3.8, 4) is 0 Å². The number of aromatic nitrogens is 2. The number of rotatable bonds is 8. The average molecular weight is 395 g/mol.